The average Bonchev–Trinajstić information content (AvgIpc) is 3.08. The normalized spacial score (nSPS) is 17.4. The first kappa shape index (κ1) is 13.6. The van der Waals surface area contributed by atoms with Crippen molar-refractivity contribution in [2.45, 2.75) is 38.1 Å². The highest BCUT2D eigenvalue weighted by Crippen LogP contribution is 2.40. The number of methoxy groups -OCH3 is 1. The topological polar surface area (TPSA) is 48.1 Å². The third kappa shape index (κ3) is 2.34. The fourth-order valence-electron chi connectivity index (χ4n) is 2.87. The molecule has 4 heteroatoms. The van der Waals surface area contributed by atoms with Crippen LogP contribution in [0.25, 0.3) is 11.3 Å². The maximum atomic E-state index is 6.49. The lowest BCUT2D eigenvalue weighted by atomic mass is 10.0. The van der Waals surface area contributed by atoms with Gasteiger partial charge < -0.3 is 10.5 Å². The predicted octanol–water partition coefficient (Wildman–Crippen LogP) is 3.86. The van der Waals surface area contributed by atoms with Crippen molar-refractivity contribution < 1.29 is 4.74 Å². The van der Waals surface area contributed by atoms with Crippen molar-refractivity contribution >= 4 is 11.3 Å². The predicted molar refractivity (Wildman–Crippen MR) is 83.2 cm³/mol. The largest absolute Gasteiger partial charge is 0.496 e. The summed E-state index contributed by atoms with van der Waals surface area (Å²) in [6, 6.07) is 6.17. The van der Waals surface area contributed by atoms with Crippen molar-refractivity contribution in [3.8, 4) is 17.0 Å². The Morgan fingerprint density at radius 2 is 2.05 bits per heavy atom. The molecular formula is C16H20N2OS. The lowest BCUT2D eigenvalue weighted by Gasteiger charge is -2.19. The first-order chi connectivity index (χ1) is 9.62. The van der Waals surface area contributed by atoms with Crippen molar-refractivity contribution in [2.75, 3.05) is 7.11 Å². The molecule has 2 aromatic rings. The van der Waals surface area contributed by atoms with Gasteiger partial charge in [0, 0.05) is 10.9 Å². The van der Waals surface area contributed by atoms with Gasteiger partial charge in [-0.15, -0.1) is 11.3 Å². The standard InChI is InChI=1S/C16H20N2OS/c1-11-5-6-14(19-2)12(9-11)13-10-20-15(18-13)16(17)7-3-4-8-16/h5-6,9-10H,3-4,7-8,17H2,1-2H3. The summed E-state index contributed by atoms with van der Waals surface area (Å²) in [6.07, 6.45) is 4.51. The number of benzene rings is 1. The molecule has 2 N–H and O–H groups in total. The monoisotopic (exact) mass is 288 g/mol. The highest BCUT2D eigenvalue weighted by molar-refractivity contribution is 7.10. The zero-order valence-electron chi connectivity index (χ0n) is 12.0. The Bertz CT molecular complexity index is 615. The summed E-state index contributed by atoms with van der Waals surface area (Å²) >= 11 is 1.67. The molecule has 1 aromatic heterocycles. The van der Waals surface area contributed by atoms with E-state index in [1.54, 1.807) is 18.4 Å². The molecular weight excluding hydrogens is 268 g/mol. The maximum Gasteiger partial charge on any atom is 0.128 e. The van der Waals surface area contributed by atoms with Gasteiger partial charge in [0.1, 0.15) is 10.8 Å². The van der Waals surface area contributed by atoms with E-state index in [2.05, 4.69) is 24.4 Å². The van der Waals surface area contributed by atoms with E-state index in [0.29, 0.717) is 0 Å². The summed E-state index contributed by atoms with van der Waals surface area (Å²) in [4.78, 5) is 4.80. The molecule has 3 nitrogen and oxygen atoms in total. The molecule has 0 atom stereocenters. The third-order valence-corrected chi connectivity index (χ3v) is 5.12. The van der Waals surface area contributed by atoms with Crippen LogP contribution in [0, 0.1) is 6.92 Å². The van der Waals surface area contributed by atoms with Crippen molar-refractivity contribution in [3.05, 3.63) is 34.2 Å². The molecule has 0 bridgehead atoms. The summed E-state index contributed by atoms with van der Waals surface area (Å²) in [5.74, 6) is 0.866. The molecule has 3 rings (SSSR count). The van der Waals surface area contributed by atoms with Gasteiger partial charge in [-0.05, 0) is 31.9 Å². The van der Waals surface area contributed by atoms with E-state index in [1.165, 1.54) is 18.4 Å². The van der Waals surface area contributed by atoms with Crippen LogP contribution >= 0.6 is 11.3 Å². The summed E-state index contributed by atoms with van der Waals surface area (Å²) in [5, 5.41) is 3.16. The van der Waals surface area contributed by atoms with Gasteiger partial charge in [0.15, 0.2) is 0 Å². The molecule has 0 radical (unpaired) electrons. The summed E-state index contributed by atoms with van der Waals surface area (Å²) in [6.45, 7) is 2.08. The molecule has 0 unspecified atom stereocenters. The molecule has 0 saturated heterocycles. The minimum atomic E-state index is -0.208. The molecule has 1 aromatic carbocycles. The Balaban J connectivity index is 2.00. The molecule has 20 heavy (non-hydrogen) atoms. The number of aromatic nitrogens is 1. The number of nitrogens with zero attached hydrogens (tertiary/aromatic N) is 1. The van der Waals surface area contributed by atoms with Crippen molar-refractivity contribution in [1.82, 2.24) is 4.98 Å². The van der Waals surface area contributed by atoms with E-state index in [1.807, 2.05) is 6.07 Å². The second-order valence-corrected chi connectivity index (χ2v) is 6.46. The number of rotatable bonds is 3. The van der Waals surface area contributed by atoms with E-state index in [9.17, 15) is 0 Å². The second kappa shape index (κ2) is 5.19. The van der Waals surface area contributed by atoms with Crippen molar-refractivity contribution in [3.63, 3.8) is 0 Å². The molecule has 1 saturated carbocycles. The van der Waals surface area contributed by atoms with Crippen LogP contribution in [0.4, 0.5) is 0 Å². The van der Waals surface area contributed by atoms with E-state index in [0.717, 1.165) is 34.9 Å². The Morgan fingerprint density at radius 1 is 1.30 bits per heavy atom. The molecule has 1 aliphatic carbocycles. The quantitative estimate of drug-likeness (QED) is 0.933. The van der Waals surface area contributed by atoms with Crippen LogP contribution in [0.3, 0.4) is 0 Å². The lowest BCUT2D eigenvalue weighted by Crippen LogP contribution is -2.32. The molecule has 106 valence electrons. The van der Waals surface area contributed by atoms with Crippen LogP contribution in [-0.2, 0) is 5.54 Å². The summed E-state index contributed by atoms with van der Waals surface area (Å²) in [7, 11) is 1.70. The van der Waals surface area contributed by atoms with Crippen LogP contribution in [0.5, 0.6) is 5.75 Å². The van der Waals surface area contributed by atoms with Gasteiger partial charge in [0.05, 0.1) is 18.3 Å². The molecule has 0 aliphatic heterocycles. The van der Waals surface area contributed by atoms with Gasteiger partial charge in [-0.2, -0.15) is 0 Å². The number of thiazole rings is 1. The van der Waals surface area contributed by atoms with Crippen LogP contribution in [0.1, 0.15) is 36.3 Å². The van der Waals surface area contributed by atoms with Crippen LogP contribution in [0.2, 0.25) is 0 Å². The number of hydrogen-bond donors (Lipinski definition) is 1. The zero-order valence-corrected chi connectivity index (χ0v) is 12.8. The highest BCUT2D eigenvalue weighted by atomic mass is 32.1. The zero-order chi connectivity index (χ0) is 14.2. The Morgan fingerprint density at radius 3 is 2.75 bits per heavy atom. The van der Waals surface area contributed by atoms with Crippen molar-refractivity contribution in [1.29, 1.82) is 0 Å². The highest BCUT2D eigenvalue weighted by Gasteiger charge is 2.34. The minimum Gasteiger partial charge on any atom is -0.496 e. The fraction of sp³-hybridized carbons (Fsp3) is 0.438. The van der Waals surface area contributed by atoms with E-state index in [-0.39, 0.29) is 5.54 Å². The number of aryl methyl sites for hydroxylation is 1. The Kier molecular flexibility index (Phi) is 3.52. The molecule has 0 amide bonds. The van der Waals surface area contributed by atoms with Crippen molar-refractivity contribution in [2.24, 2.45) is 5.73 Å². The Labute approximate surface area is 123 Å². The van der Waals surface area contributed by atoms with Gasteiger partial charge in [-0.1, -0.05) is 24.5 Å². The van der Waals surface area contributed by atoms with E-state index >= 15 is 0 Å². The van der Waals surface area contributed by atoms with E-state index < -0.39 is 0 Å². The molecule has 1 fully saturated rings. The summed E-state index contributed by atoms with van der Waals surface area (Å²) in [5.41, 5.74) is 9.51. The first-order valence-corrected chi connectivity index (χ1v) is 7.90. The maximum absolute atomic E-state index is 6.49. The second-order valence-electron chi connectivity index (χ2n) is 5.60. The lowest BCUT2D eigenvalue weighted by molar-refractivity contribution is 0.416. The Hall–Kier alpha value is -1.39. The van der Waals surface area contributed by atoms with Crippen LogP contribution < -0.4 is 10.5 Å². The molecule has 0 spiro atoms. The average molecular weight is 288 g/mol. The van der Waals surface area contributed by atoms with Gasteiger partial charge in [0.25, 0.3) is 0 Å². The molecule has 1 heterocycles. The van der Waals surface area contributed by atoms with Gasteiger partial charge in [0.2, 0.25) is 0 Å². The van der Waals surface area contributed by atoms with Gasteiger partial charge >= 0.3 is 0 Å². The SMILES string of the molecule is COc1ccc(C)cc1-c1csc(C2(N)CCCC2)n1. The van der Waals surface area contributed by atoms with E-state index in [4.69, 9.17) is 15.5 Å². The number of ether oxygens (including phenoxy) is 1. The summed E-state index contributed by atoms with van der Waals surface area (Å²) < 4.78 is 5.45. The number of hydrogen-bond acceptors (Lipinski definition) is 4. The minimum absolute atomic E-state index is 0.208. The molecule has 1 aliphatic rings. The third-order valence-electron chi connectivity index (χ3n) is 4.06. The smallest absolute Gasteiger partial charge is 0.128 e. The van der Waals surface area contributed by atoms with Crippen LogP contribution in [-0.4, -0.2) is 12.1 Å². The fourth-order valence-corrected chi connectivity index (χ4v) is 3.86. The van der Waals surface area contributed by atoms with Gasteiger partial charge in [-0.3, -0.25) is 0 Å². The van der Waals surface area contributed by atoms with Crippen LogP contribution in [0.15, 0.2) is 23.6 Å². The number of nitrogens with two attached hydrogens (primary N) is 1. The van der Waals surface area contributed by atoms with Gasteiger partial charge in [-0.25, -0.2) is 4.98 Å². The first-order valence-electron chi connectivity index (χ1n) is 7.02.